The normalized spacial score (nSPS) is 15.0. The molecular formula is C12H22O2. The van der Waals surface area contributed by atoms with Crippen molar-refractivity contribution in [1.29, 1.82) is 0 Å². The average molecular weight is 198 g/mol. The van der Waals surface area contributed by atoms with Gasteiger partial charge in [0.25, 0.3) is 0 Å². The van der Waals surface area contributed by atoms with E-state index in [1.54, 1.807) is 0 Å². The van der Waals surface area contributed by atoms with Crippen molar-refractivity contribution in [2.75, 3.05) is 0 Å². The highest BCUT2D eigenvalue weighted by atomic mass is 16.6. The van der Waals surface area contributed by atoms with E-state index in [0.717, 1.165) is 6.42 Å². The summed E-state index contributed by atoms with van der Waals surface area (Å²) in [5.41, 5.74) is 0.181. The smallest absolute Gasteiger partial charge is 0.333 e. The zero-order chi connectivity index (χ0) is 11.4. The highest BCUT2D eigenvalue weighted by Gasteiger charge is 2.30. The third-order valence-corrected chi connectivity index (χ3v) is 2.96. The fourth-order valence-corrected chi connectivity index (χ4v) is 1.03. The van der Waals surface area contributed by atoms with Gasteiger partial charge in [-0.15, -0.1) is 0 Å². The van der Waals surface area contributed by atoms with Gasteiger partial charge in [-0.1, -0.05) is 34.3 Å². The Labute approximate surface area is 87.3 Å². The standard InChI is InChI=1S/C12H22O2/c1-7-10(5)11(13)14-12(6,8-2)9(3)4/h9H,5,7-8H2,1-4,6H3. The molecule has 1 unspecified atom stereocenters. The Hall–Kier alpha value is -0.790. The molecule has 0 heterocycles. The summed E-state index contributed by atoms with van der Waals surface area (Å²) in [5, 5.41) is 0. The fourth-order valence-electron chi connectivity index (χ4n) is 1.03. The van der Waals surface area contributed by atoms with E-state index in [9.17, 15) is 4.79 Å². The molecule has 0 bridgehead atoms. The highest BCUT2D eigenvalue weighted by Crippen LogP contribution is 2.26. The SMILES string of the molecule is C=C(CC)C(=O)OC(C)(CC)C(C)C. The lowest BCUT2D eigenvalue weighted by Gasteiger charge is -2.32. The second kappa shape index (κ2) is 5.18. The van der Waals surface area contributed by atoms with Crippen LogP contribution in [-0.2, 0) is 9.53 Å². The van der Waals surface area contributed by atoms with Crippen LogP contribution in [0.2, 0.25) is 0 Å². The minimum atomic E-state index is -0.366. The van der Waals surface area contributed by atoms with Gasteiger partial charge in [0.05, 0.1) is 0 Å². The van der Waals surface area contributed by atoms with Crippen molar-refractivity contribution < 1.29 is 9.53 Å². The van der Waals surface area contributed by atoms with Gasteiger partial charge in [-0.25, -0.2) is 4.79 Å². The lowest BCUT2D eigenvalue weighted by atomic mass is 9.89. The number of ether oxygens (including phenoxy) is 1. The molecule has 0 aliphatic carbocycles. The van der Waals surface area contributed by atoms with Crippen molar-refractivity contribution in [3.8, 4) is 0 Å². The van der Waals surface area contributed by atoms with Crippen molar-refractivity contribution in [1.82, 2.24) is 0 Å². The molecule has 2 nitrogen and oxygen atoms in total. The van der Waals surface area contributed by atoms with Crippen LogP contribution >= 0.6 is 0 Å². The van der Waals surface area contributed by atoms with Gasteiger partial charge >= 0.3 is 5.97 Å². The van der Waals surface area contributed by atoms with E-state index >= 15 is 0 Å². The van der Waals surface area contributed by atoms with Gasteiger partial charge < -0.3 is 4.74 Å². The first-order chi connectivity index (χ1) is 6.37. The van der Waals surface area contributed by atoms with E-state index in [2.05, 4.69) is 20.4 Å². The third kappa shape index (κ3) is 3.17. The number of carbonyl (C=O) groups excluding carboxylic acids is 1. The van der Waals surface area contributed by atoms with Crippen molar-refractivity contribution in [2.45, 2.75) is 53.1 Å². The Bertz CT molecular complexity index is 218. The Morgan fingerprint density at radius 2 is 1.93 bits per heavy atom. The van der Waals surface area contributed by atoms with Crippen LogP contribution in [0.5, 0.6) is 0 Å². The summed E-state index contributed by atoms with van der Waals surface area (Å²) in [7, 11) is 0. The maximum absolute atomic E-state index is 11.5. The summed E-state index contributed by atoms with van der Waals surface area (Å²) >= 11 is 0. The second-order valence-corrected chi connectivity index (χ2v) is 4.17. The Morgan fingerprint density at radius 3 is 2.21 bits per heavy atom. The first-order valence-electron chi connectivity index (χ1n) is 5.28. The number of hydrogen-bond acceptors (Lipinski definition) is 2. The summed E-state index contributed by atoms with van der Waals surface area (Å²) in [6.45, 7) is 13.7. The summed E-state index contributed by atoms with van der Waals surface area (Å²) in [4.78, 5) is 11.5. The van der Waals surface area contributed by atoms with E-state index in [4.69, 9.17) is 4.74 Å². The van der Waals surface area contributed by atoms with E-state index in [1.807, 2.05) is 20.8 Å². The van der Waals surface area contributed by atoms with Crippen molar-refractivity contribution in [3.05, 3.63) is 12.2 Å². The monoisotopic (exact) mass is 198 g/mol. The van der Waals surface area contributed by atoms with Gasteiger partial charge in [-0.05, 0) is 25.7 Å². The van der Waals surface area contributed by atoms with Crippen LogP contribution in [-0.4, -0.2) is 11.6 Å². The number of hydrogen-bond donors (Lipinski definition) is 0. The van der Waals surface area contributed by atoms with Crippen molar-refractivity contribution in [2.24, 2.45) is 5.92 Å². The molecule has 0 radical (unpaired) electrons. The molecule has 0 amide bonds. The van der Waals surface area contributed by atoms with E-state index < -0.39 is 0 Å². The zero-order valence-corrected chi connectivity index (χ0v) is 10.0. The van der Waals surface area contributed by atoms with Gasteiger partial charge in [-0.3, -0.25) is 0 Å². The Morgan fingerprint density at radius 1 is 1.43 bits per heavy atom. The number of rotatable bonds is 5. The number of carbonyl (C=O) groups is 1. The van der Waals surface area contributed by atoms with Gasteiger partial charge in [-0.2, -0.15) is 0 Å². The molecule has 14 heavy (non-hydrogen) atoms. The molecule has 1 atom stereocenters. The molecule has 0 aromatic carbocycles. The van der Waals surface area contributed by atoms with Crippen LogP contribution in [0.1, 0.15) is 47.5 Å². The topological polar surface area (TPSA) is 26.3 Å². The van der Waals surface area contributed by atoms with Crippen molar-refractivity contribution >= 4 is 5.97 Å². The quantitative estimate of drug-likeness (QED) is 0.500. The first-order valence-corrected chi connectivity index (χ1v) is 5.28. The minimum absolute atomic E-state index is 0.259. The third-order valence-electron chi connectivity index (χ3n) is 2.96. The van der Waals surface area contributed by atoms with Crippen molar-refractivity contribution in [3.63, 3.8) is 0 Å². The van der Waals surface area contributed by atoms with Crippen LogP contribution in [0.15, 0.2) is 12.2 Å². The van der Waals surface area contributed by atoms with Crippen LogP contribution in [0.4, 0.5) is 0 Å². The van der Waals surface area contributed by atoms with Crippen LogP contribution in [0.25, 0.3) is 0 Å². The largest absolute Gasteiger partial charge is 0.456 e. The lowest BCUT2D eigenvalue weighted by molar-refractivity contribution is -0.158. The van der Waals surface area contributed by atoms with Gasteiger partial charge in [0, 0.05) is 5.57 Å². The molecule has 0 saturated heterocycles. The van der Waals surface area contributed by atoms with Crippen LogP contribution < -0.4 is 0 Å². The molecule has 0 fully saturated rings. The molecule has 0 saturated carbocycles. The molecule has 2 heteroatoms. The maximum atomic E-state index is 11.5. The van der Waals surface area contributed by atoms with Gasteiger partial charge in [0.15, 0.2) is 0 Å². The summed E-state index contributed by atoms with van der Waals surface area (Å²) in [6, 6.07) is 0. The van der Waals surface area contributed by atoms with Crippen LogP contribution in [0, 0.1) is 5.92 Å². The van der Waals surface area contributed by atoms with E-state index in [-0.39, 0.29) is 11.6 Å². The number of esters is 1. The predicted molar refractivity (Wildman–Crippen MR) is 59.1 cm³/mol. The van der Waals surface area contributed by atoms with E-state index in [0.29, 0.717) is 17.9 Å². The molecule has 82 valence electrons. The first kappa shape index (κ1) is 13.2. The van der Waals surface area contributed by atoms with Crippen LogP contribution in [0.3, 0.4) is 0 Å². The fraction of sp³-hybridized carbons (Fsp3) is 0.750. The molecule has 0 spiro atoms. The molecule has 0 aromatic rings. The molecule has 0 aliphatic rings. The van der Waals surface area contributed by atoms with E-state index in [1.165, 1.54) is 0 Å². The Kier molecular flexibility index (Phi) is 4.89. The molecule has 0 rings (SSSR count). The maximum Gasteiger partial charge on any atom is 0.333 e. The van der Waals surface area contributed by atoms with Gasteiger partial charge in [0.1, 0.15) is 5.60 Å². The molecular weight excluding hydrogens is 176 g/mol. The summed E-state index contributed by atoms with van der Waals surface area (Å²) in [5.74, 6) is 0.0617. The lowest BCUT2D eigenvalue weighted by Crippen LogP contribution is -2.36. The highest BCUT2D eigenvalue weighted by molar-refractivity contribution is 5.87. The average Bonchev–Trinajstić information content (AvgIpc) is 2.15. The van der Waals surface area contributed by atoms with Gasteiger partial charge in [0.2, 0.25) is 0 Å². The molecule has 0 aromatic heterocycles. The second-order valence-electron chi connectivity index (χ2n) is 4.17. The molecule has 0 aliphatic heterocycles. The predicted octanol–water partition coefficient (Wildman–Crippen LogP) is 3.32. The molecule has 0 N–H and O–H groups in total. The minimum Gasteiger partial charge on any atom is -0.456 e. The summed E-state index contributed by atoms with van der Waals surface area (Å²) < 4.78 is 5.46. The summed E-state index contributed by atoms with van der Waals surface area (Å²) in [6.07, 6.45) is 1.48. The zero-order valence-electron chi connectivity index (χ0n) is 10.0. The Balaban J connectivity index is 4.47.